The van der Waals surface area contributed by atoms with Gasteiger partial charge in [0.15, 0.2) is 0 Å². The standard InChI is InChI=1S/C26H29F25O7/c27-15(28,1-3-53-5-7-55-9-11-57-13-14-58-12-10-56-8-6-54-4-2-52)16(29,30)17(31,32)18(33,34)19(35,36)20(37,38)21(39,40)22(41,42)23(43,44)24(45,46)25(47,48)26(49,50)51/h52H,1-14H2. The van der Waals surface area contributed by atoms with Crippen LogP contribution in [-0.4, -0.2) is 162 Å². The van der Waals surface area contributed by atoms with Crippen molar-refractivity contribution in [2.24, 2.45) is 0 Å². The number of alkyl halides is 25. The Morgan fingerprint density at radius 3 is 0.655 bits per heavy atom. The first-order chi connectivity index (χ1) is 25.8. The molecular formula is C26H29F25O7. The average molecular weight is 928 g/mol. The Labute approximate surface area is 307 Å². The molecule has 0 aliphatic rings. The molecule has 0 spiro atoms. The summed E-state index contributed by atoms with van der Waals surface area (Å²) >= 11 is 0. The lowest BCUT2D eigenvalue weighted by molar-refractivity contribution is -0.482. The van der Waals surface area contributed by atoms with Crippen molar-refractivity contribution >= 4 is 0 Å². The Kier molecular flexibility index (Phi) is 19.1. The summed E-state index contributed by atoms with van der Waals surface area (Å²) in [6, 6.07) is 0. The molecule has 0 rings (SSSR count). The van der Waals surface area contributed by atoms with Crippen LogP contribution in [0, 0.1) is 0 Å². The van der Waals surface area contributed by atoms with Crippen molar-refractivity contribution in [1.82, 2.24) is 0 Å². The normalized spacial score (nSPS) is 15.4. The second-order valence-corrected chi connectivity index (χ2v) is 11.1. The lowest BCUT2D eigenvalue weighted by Gasteiger charge is -2.45. The second-order valence-electron chi connectivity index (χ2n) is 11.1. The van der Waals surface area contributed by atoms with Crippen LogP contribution in [-0.2, 0) is 28.4 Å². The molecule has 0 aromatic carbocycles. The molecule has 0 aromatic heterocycles. The van der Waals surface area contributed by atoms with Gasteiger partial charge in [0.05, 0.1) is 85.9 Å². The molecule has 7 nitrogen and oxygen atoms in total. The molecule has 1 N–H and O–H groups in total. The van der Waals surface area contributed by atoms with Gasteiger partial charge in [-0.2, -0.15) is 110 Å². The van der Waals surface area contributed by atoms with Gasteiger partial charge in [0, 0.05) is 6.42 Å². The highest BCUT2D eigenvalue weighted by Crippen LogP contribution is 2.67. The lowest BCUT2D eigenvalue weighted by atomic mass is 9.84. The van der Waals surface area contributed by atoms with Gasteiger partial charge in [0.2, 0.25) is 0 Å². The maximum Gasteiger partial charge on any atom is 0.460 e. The third kappa shape index (κ3) is 10.7. The fraction of sp³-hybridized carbons (Fsp3) is 1.00. The molecule has 0 aromatic rings. The number of ether oxygens (including phenoxy) is 6. The van der Waals surface area contributed by atoms with Gasteiger partial charge in [-0.3, -0.25) is 0 Å². The number of hydrogen-bond acceptors (Lipinski definition) is 7. The minimum absolute atomic E-state index is 0.0212. The quantitative estimate of drug-likeness (QED) is 0.0579. The van der Waals surface area contributed by atoms with Crippen LogP contribution in [0.15, 0.2) is 0 Å². The van der Waals surface area contributed by atoms with Crippen LogP contribution in [0.25, 0.3) is 0 Å². The van der Waals surface area contributed by atoms with E-state index in [1.807, 2.05) is 0 Å². The molecule has 0 amide bonds. The number of halogens is 25. The summed E-state index contributed by atoms with van der Waals surface area (Å²) in [5.74, 6) is -98.6. The van der Waals surface area contributed by atoms with E-state index in [4.69, 9.17) is 28.8 Å². The van der Waals surface area contributed by atoms with Crippen LogP contribution in [0.4, 0.5) is 110 Å². The van der Waals surface area contributed by atoms with E-state index in [9.17, 15) is 110 Å². The molecule has 0 heterocycles. The Bertz CT molecular complexity index is 1230. The van der Waals surface area contributed by atoms with Crippen LogP contribution in [0.5, 0.6) is 0 Å². The number of rotatable bonds is 30. The maximum absolute atomic E-state index is 14.0. The van der Waals surface area contributed by atoms with Crippen LogP contribution in [0.2, 0.25) is 0 Å². The smallest absolute Gasteiger partial charge is 0.394 e. The van der Waals surface area contributed by atoms with Gasteiger partial charge in [0.1, 0.15) is 0 Å². The molecule has 0 bridgehead atoms. The third-order valence-electron chi connectivity index (χ3n) is 7.02. The molecule has 0 saturated heterocycles. The van der Waals surface area contributed by atoms with Crippen molar-refractivity contribution in [2.45, 2.75) is 77.7 Å². The van der Waals surface area contributed by atoms with E-state index in [0.717, 1.165) is 0 Å². The van der Waals surface area contributed by atoms with Gasteiger partial charge in [-0.05, 0) is 0 Å². The van der Waals surface area contributed by atoms with E-state index in [2.05, 4.69) is 4.74 Å². The van der Waals surface area contributed by atoms with Gasteiger partial charge >= 0.3 is 71.3 Å². The topological polar surface area (TPSA) is 75.6 Å². The summed E-state index contributed by atoms with van der Waals surface area (Å²) < 4.78 is 368. The van der Waals surface area contributed by atoms with E-state index >= 15 is 0 Å². The molecule has 0 saturated carbocycles. The summed E-state index contributed by atoms with van der Waals surface area (Å²) in [4.78, 5) is 0. The molecule has 0 aliphatic heterocycles. The highest BCUT2D eigenvalue weighted by Gasteiger charge is 2.99. The monoisotopic (exact) mass is 928 g/mol. The molecule has 0 aliphatic carbocycles. The van der Waals surface area contributed by atoms with Gasteiger partial charge in [-0.1, -0.05) is 0 Å². The Morgan fingerprint density at radius 1 is 0.241 bits per heavy atom. The largest absolute Gasteiger partial charge is 0.460 e. The maximum atomic E-state index is 14.0. The molecule has 0 fully saturated rings. The van der Waals surface area contributed by atoms with E-state index in [-0.39, 0.29) is 66.1 Å². The van der Waals surface area contributed by atoms with E-state index in [1.165, 1.54) is 0 Å². The minimum atomic E-state index is -9.62. The summed E-state index contributed by atoms with van der Waals surface area (Å²) in [5.41, 5.74) is 0. The first-order valence-corrected chi connectivity index (χ1v) is 15.1. The van der Waals surface area contributed by atoms with Crippen molar-refractivity contribution < 1.29 is 143 Å². The lowest BCUT2D eigenvalue weighted by Crippen LogP contribution is -2.78. The Morgan fingerprint density at radius 2 is 0.431 bits per heavy atom. The van der Waals surface area contributed by atoms with E-state index in [1.54, 1.807) is 0 Å². The average Bonchev–Trinajstić information content (AvgIpc) is 3.07. The highest BCUT2D eigenvalue weighted by atomic mass is 19.4. The zero-order valence-electron chi connectivity index (χ0n) is 28.2. The SMILES string of the molecule is OCCOCCOCCOCCOCCOCCOCCC(F)(F)C(F)(F)C(F)(F)C(F)(F)C(F)(F)C(F)(F)C(F)(F)C(F)(F)C(F)(F)C(F)(F)C(F)(F)C(F)(F)F. The zero-order valence-corrected chi connectivity index (χ0v) is 28.2. The molecule has 0 atom stereocenters. The van der Waals surface area contributed by atoms with Crippen molar-refractivity contribution in [3.8, 4) is 0 Å². The van der Waals surface area contributed by atoms with E-state index in [0.29, 0.717) is 0 Å². The summed E-state index contributed by atoms with van der Waals surface area (Å²) in [6.45, 7) is -3.35. The first kappa shape index (κ1) is 56.0. The molecule has 350 valence electrons. The molecule has 0 unspecified atom stereocenters. The van der Waals surface area contributed by atoms with Crippen molar-refractivity contribution in [2.75, 3.05) is 85.9 Å². The van der Waals surface area contributed by atoms with Crippen molar-refractivity contribution in [3.05, 3.63) is 0 Å². The fourth-order valence-electron chi connectivity index (χ4n) is 3.61. The molecule has 0 radical (unpaired) electrons. The number of aliphatic hydroxyl groups excluding tert-OH is 1. The number of aliphatic hydroxyl groups is 1. The zero-order chi connectivity index (χ0) is 46.1. The number of hydrogen-bond donors (Lipinski definition) is 1. The van der Waals surface area contributed by atoms with Gasteiger partial charge in [-0.25, -0.2) is 0 Å². The van der Waals surface area contributed by atoms with E-state index < -0.39 is 97.6 Å². The Balaban J connectivity index is 5.55. The molecular weight excluding hydrogens is 899 g/mol. The van der Waals surface area contributed by atoms with Crippen LogP contribution < -0.4 is 0 Å². The van der Waals surface area contributed by atoms with Crippen LogP contribution in [0.3, 0.4) is 0 Å². The predicted molar refractivity (Wildman–Crippen MR) is 137 cm³/mol. The third-order valence-corrected chi connectivity index (χ3v) is 7.02. The predicted octanol–water partition coefficient (Wildman–Crippen LogP) is 8.02. The summed E-state index contributed by atoms with van der Waals surface area (Å²) in [5, 5.41) is 8.50. The second kappa shape index (κ2) is 19.8. The summed E-state index contributed by atoms with van der Waals surface area (Å²) in [6.07, 6.45) is -11.2. The van der Waals surface area contributed by atoms with Crippen LogP contribution in [0.1, 0.15) is 6.42 Å². The van der Waals surface area contributed by atoms with Crippen molar-refractivity contribution in [3.63, 3.8) is 0 Å². The Hall–Kier alpha value is -2.03. The molecule has 32 heteroatoms. The van der Waals surface area contributed by atoms with Gasteiger partial charge in [-0.15, -0.1) is 0 Å². The van der Waals surface area contributed by atoms with Crippen LogP contribution >= 0.6 is 0 Å². The minimum Gasteiger partial charge on any atom is -0.394 e. The van der Waals surface area contributed by atoms with Crippen molar-refractivity contribution in [1.29, 1.82) is 0 Å². The molecule has 58 heavy (non-hydrogen) atoms. The fourth-order valence-corrected chi connectivity index (χ4v) is 3.61. The summed E-state index contributed by atoms with van der Waals surface area (Å²) in [7, 11) is 0. The highest BCUT2D eigenvalue weighted by molar-refractivity contribution is 5.19. The van der Waals surface area contributed by atoms with Gasteiger partial charge in [0.25, 0.3) is 0 Å². The first-order valence-electron chi connectivity index (χ1n) is 15.1. The van der Waals surface area contributed by atoms with Gasteiger partial charge < -0.3 is 33.5 Å².